The number of nitrogens with zero attached hydrogens (tertiary/aromatic N) is 3. The lowest BCUT2D eigenvalue weighted by atomic mass is 10.1. The molecular formula is C15H12BrN3OS. The van der Waals surface area contributed by atoms with Gasteiger partial charge in [-0.1, -0.05) is 0 Å². The molecule has 2 heterocycles. The highest BCUT2D eigenvalue weighted by molar-refractivity contribution is 9.11. The van der Waals surface area contributed by atoms with Crippen LogP contribution in [0.4, 0.5) is 0 Å². The molecule has 0 spiro atoms. The van der Waals surface area contributed by atoms with Gasteiger partial charge in [-0.05, 0) is 51.1 Å². The highest BCUT2D eigenvalue weighted by atomic mass is 79.9. The Balaban J connectivity index is 1.82. The van der Waals surface area contributed by atoms with Gasteiger partial charge < -0.3 is 4.90 Å². The number of hydrogen-bond donors (Lipinski definition) is 0. The maximum absolute atomic E-state index is 12.5. The Morgan fingerprint density at radius 1 is 1.24 bits per heavy atom. The number of fused-ring (bicyclic) bond motifs is 1. The molecule has 1 amide bonds. The van der Waals surface area contributed by atoms with Crippen LogP contribution in [-0.4, -0.2) is 27.8 Å². The standard InChI is InChI=1S/C15H12BrN3OS/c1-19(8-10-6-14(16)21-9-10)15(20)11-2-3-12-13(7-11)18-5-4-17-12/h2-7,9H,8H2,1H3. The van der Waals surface area contributed by atoms with Crippen molar-refractivity contribution in [3.05, 3.63) is 57.0 Å². The number of amides is 1. The van der Waals surface area contributed by atoms with Crippen LogP contribution in [-0.2, 0) is 6.54 Å². The summed E-state index contributed by atoms with van der Waals surface area (Å²) in [5.74, 6) is -0.0233. The Hall–Kier alpha value is -1.79. The van der Waals surface area contributed by atoms with Crippen LogP contribution in [0.1, 0.15) is 15.9 Å². The smallest absolute Gasteiger partial charge is 0.253 e. The van der Waals surface area contributed by atoms with E-state index in [1.165, 1.54) is 0 Å². The molecule has 21 heavy (non-hydrogen) atoms. The highest BCUT2D eigenvalue weighted by Crippen LogP contribution is 2.22. The van der Waals surface area contributed by atoms with Crippen molar-refractivity contribution in [3.8, 4) is 0 Å². The van der Waals surface area contributed by atoms with Crippen LogP contribution in [0, 0.1) is 0 Å². The number of carbonyl (C=O) groups excluding carboxylic acids is 1. The zero-order valence-electron chi connectivity index (χ0n) is 11.3. The van der Waals surface area contributed by atoms with Gasteiger partial charge in [-0.15, -0.1) is 11.3 Å². The number of thiophene rings is 1. The van der Waals surface area contributed by atoms with Gasteiger partial charge in [0.25, 0.3) is 5.91 Å². The molecule has 0 atom stereocenters. The van der Waals surface area contributed by atoms with E-state index in [4.69, 9.17) is 0 Å². The Morgan fingerprint density at radius 2 is 2.00 bits per heavy atom. The molecule has 3 aromatic rings. The third kappa shape index (κ3) is 3.11. The molecule has 2 aromatic heterocycles. The highest BCUT2D eigenvalue weighted by Gasteiger charge is 2.13. The molecule has 0 fully saturated rings. The van der Waals surface area contributed by atoms with E-state index in [1.54, 1.807) is 47.8 Å². The van der Waals surface area contributed by atoms with Gasteiger partial charge in [0.2, 0.25) is 0 Å². The third-order valence-electron chi connectivity index (χ3n) is 3.10. The van der Waals surface area contributed by atoms with Crippen molar-refractivity contribution in [1.29, 1.82) is 0 Å². The number of rotatable bonds is 3. The lowest BCUT2D eigenvalue weighted by Gasteiger charge is -2.16. The van der Waals surface area contributed by atoms with Crippen molar-refractivity contribution in [2.45, 2.75) is 6.54 Å². The van der Waals surface area contributed by atoms with E-state index in [0.717, 1.165) is 20.4 Å². The fourth-order valence-corrected chi connectivity index (χ4v) is 3.29. The average Bonchev–Trinajstić information content (AvgIpc) is 2.91. The Kier molecular flexibility index (Phi) is 3.98. The summed E-state index contributed by atoms with van der Waals surface area (Å²) in [5, 5.41) is 2.04. The quantitative estimate of drug-likeness (QED) is 0.713. The zero-order chi connectivity index (χ0) is 14.8. The SMILES string of the molecule is CN(Cc1csc(Br)c1)C(=O)c1ccc2nccnc2c1. The summed E-state index contributed by atoms with van der Waals surface area (Å²) in [4.78, 5) is 22.6. The van der Waals surface area contributed by atoms with E-state index in [9.17, 15) is 4.79 Å². The van der Waals surface area contributed by atoms with Gasteiger partial charge in [0, 0.05) is 31.5 Å². The average molecular weight is 362 g/mol. The molecular weight excluding hydrogens is 350 g/mol. The maximum Gasteiger partial charge on any atom is 0.253 e. The number of carbonyl (C=O) groups is 1. The van der Waals surface area contributed by atoms with Gasteiger partial charge >= 0.3 is 0 Å². The van der Waals surface area contributed by atoms with Crippen LogP contribution in [0.3, 0.4) is 0 Å². The predicted octanol–water partition coefficient (Wildman–Crippen LogP) is 3.73. The van der Waals surface area contributed by atoms with Gasteiger partial charge in [0.05, 0.1) is 14.8 Å². The first-order valence-corrected chi connectivity index (χ1v) is 8.00. The summed E-state index contributed by atoms with van der Waals surface area (Å²) in [6.07, 6.45) is 3.27. The van der Waals surface area contributed by atoms with Gasteiger partial charge in [-0.25, -0.2) is 0 Å². The number of aromatic nitrogens is 2. The molecule has 106 valence electrons. The molecule has 0 aliphatic heterocycles. The molecule has 0 saturated carbocycles. The van der Waals surface area contributed by atoms with E-state index >= 15 is 0 Å². The first-order valence-electron chi connectivity index (χ1n) is 6.32. The molecule has 4 nitrogen and oxygen atoms in total. The molecule has 0 aliphatic carbocycles. The third-order valence-corrected chi connectivity index (χ3v) is 4.66. The molecule has 3 rings (SSSR count). The van der Waals surface area contributed by atoms with E-state index in [2.05, 4.69) is 25.9 Å². The monoisotopic (exact) mass is 361 g/mol. The molecule has 0 radical (unpaired) electrons. The van der Waals surface area contributed by atoms with Gasteiger partial charge in [-0.2, -0.15) is 0 Å². The molecule has 0 aliphatic rings. The van der Waals surface area contributed by atoms with Crippen LogP contribution in [0.15, 0.2) is 45.8 Å². The Labute approximate surface area is 134 Å². The second kappa shape index (κ2) is 5.91. The summed E-state index contributed by atoms with van der Waals surface area (Å²) in [6.45, 7) is 0.583. The molecule has 0 N–H and O–H groups in total. The summed E-state index contributed by atoms with van der Waals surface area (Å²) >= 11 is 5.05. The van der Waals surface area contributed by atoms with Crippen molar-refractivity contribution < 1.29 is 4.79 Å². The number of benzene rings is 1. The molecule has 0 bridgehead atoms. The summed E-state index contributed by atoms with van der Waals surface area (Å²) < 4.78 is 1.07. The van der Waals surface area contributed by atoms with Gasteiger partial charge in [0.15, 0.2) is 0 Å². The first kappa shape index (κ1) is 14.2. The van der Waals surface area contributed by atoms with Crippen LogP contribution in [0.2, 0.25) is 0 Å². The first-order chi connectivity index (χ1) is 10.1. The normalized spacial score (nSPS) is 10.8. The second-order valence-electron chi connectivity index (χ2n) is 4.68. The minimum absolute atomic E-state index is 0.0233. The van der Waals surface area contributed by atoms with Crippen LogP contribution in [0.5, 0.6) is 0 Å². The molecule has 6 heteroatoms. The molecule has 0 unspecified atom stereocenters. The number of hydrogen-bond acceptors (Lipinski definition) is 4. The van der Waals surface area contributed by atoms with E-state index in [1.807, 2.05) is 17.5 Å². The van der Waals surface area contributed by atoms with Crippen molar-refractivity contribution >= 4 is 44.2 Å². The Bertz CT molecular complexity index is 802. The van der Waals surface area contributed by atoms with Crippen LogP contribution >= 0.6 is 27.3 Å². The summed E-state index contributed by atoms with van der Waals surface area (Å²) in [5.41, 5.74) is 3.26. The number of halogens is 1. The van der Waals surface area contributed by atoms with Crippen LogP contribution in [0.25, 0.3) is 11.0 Å². The largest absolute Gasteiger partial charge is 0.337 e. The van der Waals surface area contributed by atoms with Gasteiger partial charge in [0.1, 0.15) is 0 Å². The van der Waals surface area contributed by atoms with Crippen molar-refractivity contribution in [2.24, 2.45) is 0 Å². The fraction of sp³-hybridized carbons (Fsp3) is 0.133. The molecule has 0 saturated heterocycles. The molecule has 1 aromatic carbocycles. The van der Waals surface area contributed by atoms with Crippen molar-refractivity contribution in [2.75, 3.05) is 7.05 Å². The van der Waals surface area contributed by atoms with Gasteiger partial charge in [-0.3, -0.25) is 14.8 Å². The minimum atomic E-state index is -0.0233. The lowest BCUT2D eigenvalue weighted by Crippen LogP contribution is -2.25. The topological polar surface area (TPSA) is 46.1 Å². The zero-order valence-corrected chi connectivity index (χ0v) is 13.7. The van der Waals surface area contributed by atoms with E-state index in [-0.39, 0.29) is 5.91 Å². The predicted molar refractivity (Wildman–Crippen MR) is 87.4 cm³/mol. The lowest BCUT2D eigenvalue weighted by molar-refractivity contribution is 0.0785. The van der Waals surface area contributed by atoms with E-state index < -0.39 is 0 Å². The maximum atomic E-state index is 12.5. The van der Waals surface area contributed by atoms with Crippen molar-refractivity contribution in [1.82, 2.24) is 14.9 Å². The Morgan fingerprint density at radius 3 is 2.71 bits per heavy atom. The fourth-order valence-electron chi connectivity index (χ4n) is 2.09. The van der Waals surface area contributed by atoms with E-state index in [0.29, 0.717) is 12.1 Å². The summed E-state index contributed by atoms with van der Waals surface area (Å²) in [7, 11) is 1.80. The second-order valence-corrected chi connectivity index (χ2v) is 6.97. The minimum Gasteiger partial charge on any atom is -0.337 e. The van der Waals surface area contributed by atoms with Crippen molar-refractivity contribution in [3.63, 3.8) is 0 Å². The summed E-state index contributed by atoms with van der Waals surface area (Å²) in [6, 6.07) is 7.43. The van der Waals surface area contributed by atoms with Crippen LogP contribution < -0.4 is 0 Å².